The first-order valence-corrected chi connectivity index (χ1v) is 7.03. The van der Waals surface area contributed by atoms with Crippen molar-refractivity contribution in [3.63, 3.8) is 0 Å². The van der Waals surface area contributed by atoms with Crippen molar-refractivity contribution >= 4 is 11.9 Å². The molecule has 0 aliphatic rings. The number of nitrogens with one attached hydrogen (secondary N) is 1. The molecule has 1 aromatic carbocycles. The summed E-state index contributed by atoms with van der Waals surface area (Å²) in [6.07, 6.45) is 0.377. The molecule has 0 spiro atoms. The maximum atomic E-state index is 12.4. The van der Waals surface area contributed by atoms with E-state index in [9.17, 15) is 9.59 Å². The van der Waals surface area contributed by atoms with Crippen molar-refractivity contribution in [3.8, 4) is 11.3 Å². The van der Waals surface area contributed by atoms with E-state index < -0.39 is 5.97 Å². The summed E-state index contributed by atoms with van der Waals surface area (Å²) < 4.78 is 5.15. The Bertz CT molecular complexity index is 664. The van der Waals surface area contributed by atoms with Crippen molar-refractivity contribution in [1.82, 2.24) is 10.5 Å². The van der Waals surface area contributed by atoms with Crippen LogP contribution >= 0.6 is 0 Å². The van der Waals surface area contributed by atoms with Crippen molar-refractivity contribution in [3.05, 3.63) is 41.7 Å². The quantitative estimate of drug-likeness (QED) is 0.855. The van der Waals surface area contributed by atoms with E-state index in [-0.39, 0.29) is 18.4 Å². The minimum Gasteiger partial charge on any atom is -0.481 e. The van der Waals surface area contributed by atoms with Gasteiger partial charge in [-0.2, -0.15) is 0 Å². The third-order valence-electron chi connectivity index (χ3n) is 3.31. The number of nitrogens with zero attached hydrogens (tertiary/aromatic N) is 1. The number of amides is 1. The molecule has 22 heavy (non-hydrogen) atoms. The molecule has 0 bridgehead atoms. The molecule has 2 aromatic rings. The lowest BCUT2D eigenvalue weighted by molar-refractivity contribution is -0.137. The van der Waals surface area contributed by atoms with E-state index in [1.165, 1.54) is 0 Å². The standard InChI is InChI=1S/C16H18N2O4/c1-10(8-9-13(19)20)17-16(21)14-11(2)22-18-15(14)12-6-4-3-5-7-12/h3-7,10H,8-9H2,1-2H3,(H,17,21)(H,19,20). The van der Waals surface area contributed by atoms with Crippen LogP contribution in [0.4, 0.5) is 0 Å². The van der Waals surface area contributed by atoms with Crippen LogP contribution in [0.15, 0.2) is 34.9 Å². The van der Waals surface area contributed by atoms with Crippen molar-refractivity contribution in [2.45, 2.75) is 32.7 Å². The van der Waals surface area contributed by atoms with Crippen LogP contribution in [0.2, 0.25) is 0 Å². The second-order valence-corrected chi connectivity index (χ2v) is 5.14. The largest absolute Gasteiger partial charge is 0.481 e. The number of aliphatic carboxylic acids is 1. The summed E-state index contributed by atoms with van der Waals surface area (Å²) in [5.41, 5.74) is 1.66. The molecule has 2 rings (SSSR count). The van der Waals surface area contributed by atoms with Crippen LogP contribution in [-0.2, 0) is 4.79 Å². The van der Waals surface area contributed by atoms with Crippen molar-refractivity contribution < 1.29 is 19.2 Å². The number of carboxylic acid groups (broad SMARTS) is 1. The van der Waals surface area contributed by atoms with Crippen LogP contribution in [0.3, 0.4) is 0 Å². The van der Waals surface area contributed by atoms with Crippen molar-refractivity contribution in [1.29, 1.82) is 0 Å². The van der Waals surface area contributed by atoms with Crippen LogP contribution in [-0.4, -0.2) is 28.2 Å². The first-order chi connectivity index (χ1) is 10.5. The Labute approximate surface area is 128 Å². The molecule has 1 heterocycles. The zero-order chi connectivity index (χ0) is 16.1. The molecule has 0 saturated heterocycles. The van der Waals surface area contributed by atoms with Gasteiger partial charge < -0.3 is 14.9 Å². The van der Waals surface area contributed by atoms with E-state index in [0.717, 1.165) is 5.56 Å². The fraction of sp³-hybridized carbons (Fsp3) is 0.312. The van der Waals surface area contributed by atoms with Gasteiger partial charge in [0.1, 0.15) is 17.0 Å². The number of carboxylic acids is 1. The summed E-state index contributed by atoms with van der Waals surface area (Å²) in [4.78, 5) is 23.0. The molecule has 1 unspecified atom stereocenters. The molecule has 1 amide bonds. The number of rotatable bonds is 6. The van der Waals surface area contributed by atoms with Gasteiger partial charge in [-0.3, -0.25) is 9.59 Å². The Hall–Kier alpha value is -2.63. The van der Waals surface area contributed by atoms with E-state index in [1.54, 1.807) is 13.8 Å². The highest BCUT2D eigenvalue weighted by Crippen LogP contribution is 2.25. The molecule has 0 fully saturated rings. The number of hydrogen-bond acceptors (Lipinski definition) is 4. The minimum atomic E-state index is -0.882. The van der Waals surface area contributed by atoms with Gasteiger partial charge in [0.15, 0.2) is 0 Å². The first-order valence-electron chi connectivity index (χ1n) is 7.03. The van der Waals surface area contributed by atoms with Gasteiger partial charge in [-0.05, 0) is 20.3 Å². The van der Waals surface area contributed by atoms with Gasteiger partial charge in [-0.1, -0.05) is 35.5 Å². The van der Waals surface area contributed by atoms with Gasteiger partial charge in [0.05, 0.1) is 0 Å². The van der Waals surface area contributed by atoms with E-state index >= 15 is 0 Å². The highest BCUT2D eigenvalue weighted by atomic mass is 16.5. The molecule has 116 valence electrons. The van der Waals surface area contributed by atoms with Crippen LogP contribution in [0.5, 0.6) is 0 Å². The minimum absolute atomic E-state index is 0.00953. The first kappa shape index (κ1) is 15.8. The Morgan fingerprint density at radius 2 is 2.00 bits per heavy atom. The topological polar surface area (TPSA) is 92.4 Å². The molecule has 6 heteroatoms. The molecule has 0 saturated carbocycles. The Kier molecular flexibility index (Phi) is 4.93. The molecular weight excluding hydrogens is 284 g/mol. The Morgan fingerprint density at radius 1 is 1.32 bits per heavy atom. The normalized spacial score (nSPS) is 11.9. The summed E-state index contributed by atoms with van der Waals surface area (Å²) in [5, 5.41) is 15.4. The molecule has 0 aliphatic carbocycles. The Morgan fingerprint density at radius 3 is 2.64 bits per heavy atom. The maximum Gasteiger partial charge on any atom is 0.303 e. The lowest BCUT2D eigenvalue weighted by Crippen LogP contribution is -2.33. The summed E-state index contributed by atoms with van der Waals surface area (Å²) >= 11 is 0. The number of carbonyl (C=O) groups is 2. The predicted octanol–water partition coefficient (Wildman–Crippen LogP) is 2.63. The highest BCUT2D eigenvalue weighted by molar-refractivity contribution is 6.00. The molecule has 0 radical (unpaired) electrons. The van der Waals surface area contributed by atoms with E-state index in [1.807, 2.05) is 30.3 Å². The summed E-state index contributed by atoms with van der Waals surface area (Å²) in [7, 11) is 0. The highest BCUT2D eigenvalue weighted by Gasteiger charge is 2.22. The van der Waals surface area contributed by atoms with E-state index in [0.29, 0.717) is 23.4 Å². The molecule has 6 nitrogen and oxygen atoms in total. The average Bonchev–Trinajstić information content (AvgIpc) is 2.88. The lowest BCUT2D eigenvalue weighted by atomic mass is 10.1. The third kappa shape index (κ3) is 3.72. The van der Waals surface area contributed by atoms with Gasteiger partial charge in [0.25, 0.3) is 5.91 Å². The second kappa shape index (κ2) is 6.89. The summed E-state index contributed by atoms with van der Waals surface area (Å²) in [6, 6.07) is 9.04. The fourth-order valence-electron chi connectivity index (χ4n) is 2.14. The van der Waals surface area contributed by atoms with Gasteiger partial charge in [-0.25, -0.2) is 0 Å². The molecule has 1 atom stereocenters. The van der Waals surface area contributed by atoms with Gasteiger partial charge in [0.2, 0.25) is 0 Å². The average molecular weight is 302 g/mol. The third-order valence-corrected chi connectivity index (χ3v) is 3.31. The number of hydrogen-bond donors (Lipinski definition) is 2. The van der Waals surface area contributed by atoms with Crippen LogP contribution < -0.4 is 5.32 Å². The SMILES string of the molecule is Cc1onc(-c2ccccc2)c1C(=O)NC(C)CCC(=O)O. The number of aromatic nitrogens is 1. The maximum absolute atomic E-state index is 12.4. The van der Waals surface area contributed by atoms with E-state index in [2.05, 4.69) is 10.5 Å². The van der Waals surface area contributed by atoms with Gasteiger partial charge >= 0.3 is 5.97 Å². The zero-order valence-electron chi connectivity index (χ0n) is 12.5. The number of carbonyl (C=O) groups excluding carboxylic acids is 1. The predicted molar refractivity (Wildman–Crippen MR) is 80.5 cm³/mol. The van der Waals surface area contributed by atoms with Crippen LogP contribution in [0.1, 0.15) is 35.9 Å². The van der Waals surface area contributed by atoms with Gasteiger partial charge in [-0.15, -0.1) is 0 Å². The number of benzene rings is 1. The van der Waals surface area contributed by atoms with Gasteiger partial charge in [0, 0.05) is 18.0 Å². The fourth-order valence-corrected chi connectivity index (χ4v) is 2.14. The summed E-state index contributed by atoms with van der Waals surface area (Å²) in [5.74, 6) is -0.760. The smallest absolute Gasteiger partial charge is 0.303 e. The monoisotopic (exact) mass is 302 g/mol. The zero-order valence-corrected chi connectivity index (χ0v) is 12.5. The molecular formula is C16H18N2O4. The van der Waals surface area contributed by atoms with Crippen LogP contribution in [0, 0.1) is 6.92 Å². The number of aryl methyl sites for hydroxylation is 1. The second-order valence-electron chi connectivity index (χ2n) is 5.14. The van der Waals surface area contributed by atoms with E-state index in [4.69, 9.17) is 9.63 Å². The molecule has 0 aliphatic heterocycles. The van der Waals surface area contributed by atoms with Crippen molar-refractivity contribution in [2.75, 3.05) is 0 Å². The lowest BCUT2D eigenvalue weighted by Gasteiger charge is -2.12. The summed E-state index contributed by atoms with van der Waals surface area (Å²) in [6.45, 7) is 3.45. The molecule has 2 N–H and O–H groups in total. The van der Waals surface area contributed by atoms with Crippen LogP contribution in [0.25, 0.3) is 11.3 Å². The Balaban J connectivity index is 2.17. The van der Waals surface area contributed by atoms with Crippen molar-refractivity contribution in [2.24, 2.45) is 0 Å². The molecule has 1 aromatic heterocycles.